The topological polar surface area (TPSA) is 53.3 Å². The van der Waals surface area contributed by atoms with Crippen LogP contribution in [0.3, 0.4) is 0 Å². The van der Waals surface area contributed by atoms with Gasteiger partial charge in [0.15, 0.2) is 0 Å². The van der Waals surface area contributed by atoms with Crippen LogP contribution in [0.2, 0.25) is 0 Å². The number of ether oxygens (including phenoxy) is 1. The number of carbonyl (C=O) groups is 1. The van der Waals surface area contributed by atoms with E-state index in [2.05, 4.69) is 6.07 Å². The van der Waals surface area contributed by atoms with E-state index in [9.17, 15) is 4.79 Å². The number of hydrogen-bond donors (Lipinski definition) is 0. The van der Waals surface area contributed by atoms with E-state index in [-0.39, 0.29) is 17.9 Å². The molecule has 2 aliphatic rings. The highest BCUT2D eigenvalue weighted by molar-refractivity contribution is 5.81. The lowest BCUT2D eigenvalue weighted by Gasteiger charge is -2.33. The Morgan fingerprint density at radius 3 is 2.56 bits per heavy atom. The van der Waals surface area contributed by atoms with Crippen molar-refractivity contribution in [3.05, 3.63) is 0 Å². The summed E-state index contributed by atoms with van der Waals surface area (Å²) in [5, 5.41) is 8.79. The number of nitriles is 1. The van der Waals surface area contributed by atoms with E-state index in [1.54, 1.807) is 0 Å². The molecule has 88 valence electrons. The van der Waals surface area contributed by atoms with Crippen LogP contribution in [0.25, 0.3) is 0 Å². The lowest BCUT2D eigenvalue weighted by Crippen LogP contribution is -2.45. The van der Waals surface area contributed by atoms with Crippen molar-refractivity contribution in [1.29, 1.82) is 5.26 Å². The zero-order valence-corrected chi connectivity index (χ0v) is 9.52. The van der Waals surface area contributed by atoms with Crippen molar-refractivity contribution in [1.82, 2.24) is 4.90 Å². The van der Waals surface area contributed by atoms with Gasteiger partial charge in [0, 0.05) is 25.6 Å². The van der Waals surface area contributed by atoms with Gasteiger partial charge < -0.3 is 9.64 Å². The number of hydrogen-bond acceptors (Lipinski definition) is 3. The molecule has 1 atom stereocenters. The number of carbonyl (C=O) groups excluding carboxylic acids is 1. The van der Waals surface area contributed by atoms with Crippen molar-refractivity contribution in [2.24, 2.45) is 5.92 Å². The third kappa shape index (κ3) is 2.53. The number of piperidine rings is 1. The maximum Gasteiger partial charge on any atom is 0.251 e. The number of nitrogens with zero attached hydrogens (tertiary/aromatic N) is 2. The summed E-state index contributed by atoms with van der Waals surface area (Å²) in [4.78, 5) is 13.9. The van der Waals surface area contributed by atoms with Gasteiger partial charge in [-0.1, -0.05) is 0 Å². The molecule has 4 nitrogen and oxygen atoms in total. The van der Waals surface area contributed by atoms with Crippen LogP contribution in [0.4, 0.5) is 0 Å². The lowest BCUT2D eigenvalue weighted by atomic mass is 9.97. The Kier molecular flexibility index (Phi) is 3.79. The summed E-state index contributed by atoms with van der Waals surface area (Å²) in [5.41, 5.74) is 0. The van der Waals surface area contributed by atoms with Gasteiger partial charge in [0.2, 0.25) is 0 Å². The molecule has 0 bridgehead atoms. The van der Waals surface area contributed by atoms with Crippen LogP contribution in [-0.4, -0.2) is 36.6 Å². The third-order valence-electron chi connectivity index (χ3n) is 3.44. The van der Waals surface area contributed by atoms with E-state index in [1.165, 1.54) is 0 Å². The summed E-state index contributed by atoms with van der Waals surface area (Å²) in [7, 11) is 0. The van der Waals surface area contributed by atoms with Crippen LogP contribution in [0.1, 0.15) is 32.1 Å². The summed E-state index contributed by atoms with van der Waals surface area (Å²) >= 11 is 0. The van der Waals surface area contributed by atoms with Gasteiger partial charge in [0.25, 0.3) is 5.91 Å². The molecule has 0 spiro atoms. The fraction of sp³-hybridized carbons (Fsp3) is 0.833. The molecule has 0 aromatic carbocycles. The van der Waals surface area contributed by atoms with Gasteiger partial charge in [0.1, 0.15) is 6.10 Å². The Labute approximate surface area is 96.2 Å². The fourth-order valence-electron chi connectivity index (χ4n) is 2.37. The predicted octanol–water partition coefficient (Wildman–Crippen LogP) is 1.32. The zero-order chi connectivity index (χ0) is 11.4. The highest BCUT2D eigenvalue weighted by Crippen LogP contribution is 2.20. The van der Waals surface area contributed by atoms with Crippen molar-refractivity contribution in [2.45, 2.75) is 38.2 Å². The highest BCUT2D eigenvalue weighted by atomic mass is 16.5. The average Bonchev–Trinajstić information content (AvgIpc) is 2.39. The minimum absolute atomic E-state index is 0.135. The van der Waals surface area contributed by atoms with Crippen molar-refractivity contribution in [3.63, 3.8) is 0 Å². The first-order chi connectivity index (χ1) is 7.81. The summed E-state index contributed by atoms with van der Waals surface area (Å²) in [5.74, 6) is 0.271. The first-order valence-corrected chi connectivity index (χ1v) is 6.11. The molecule has 2 heterocycles. The molecule has 2 rings (SSSR count). The van der Waals surface area contributed by atoms with Crippen LogP contribution in [-0.2, 0) is 9.53 Å². The van der Waals surface area contributed by atoms with Gasteiger partial charge in [-0.25, -0.2) is 0 Å². The Bertz CT molecular complexity index is 284. The van der Waals surface area contributed by atoms with Gasteiger partial charge >= 0.3 is 0 Å². The van der Waals surface area contributed by atoms with Gasteiger partial charge in [-0.3, -0.25) is 4.79 Å². The van der Waals surface area contributed by atoms with Gasteiger partial charge in [0.05, 0.1) is 6.07 Å². The Hall–Kier alpha value is -1.08. The maximum absolute atomic E-state index is 12.1. The SMILES string of the molecule is N#CC1CCN(C(=O)C2CCCCO2)CC1. The van der Waals surface area contributed by atoms with E-state index < -0.39 is 0 Å². The molecule has 0 aromatic rings. The molecular formula is C12H18N2O2. The van der Waals surface area contributed by atoms with Crippen molar-refractivity contribution in [2.75, 3.05) is 19.7 Å². The van der Waals surface area contributed by atoms with E-state index in [1.807, 2.05) is 4.90 Å². The molecule has 1 amide bonds. The predicted molar refractivity (Wildman–Crippen MR) is 58.5 cm³/mol. The molecule has 0 aromatic heterocycles. The number of likely N-dealkylation sites (tertiary alicyclic amines) is 1. The second-order valence-corrected chi connectivity index (χ2v) is 4.58. The fourth-order valence-corrected chi connectivity index (χ4v) is 2.37. The third-order valence-corrected chi connectivity index (χ3v) is 3.44. The smallest absolute Gasteiger partial charge is 0.251 e. The standard InChI is InChI=1S/C12H18N2O2/c13-9-10-4-6-14(7-5-10)12(15)11-3-1-2-8-16-11/h10-11H,1-8H2. The molecular weight excluding hydrogens is 204 g/mol. The monoisotopic (exact) mass is 222 g/mol. The molecule has 0 radical (unpaired) electrons. The van der Waals surface area contributed by atoms with Gasteiger partial charge in [-0.15, -0.1) is 0 Å². The minimum atomic E-state index is -0.215. The number of rotatable bonds is 1. The second kappa shape index (κ2) is 5.31. The first-order valence-electron chi connectivity index (χ1n) is 6.11. The molecule has 1 unspecified atom stereocenters. The van der Waals surface area contributed by atoms with Crippen LogP contribution < -0.4 is 0 Å². The molecule has 0 aliphatic carbocycles. The minimum Gasteiger partial charge on any atom is -0.368 e. The van der Waals surface area contributed by atoms with Crippen molar-refractivity contribution >= 4 is 5.91 Å². The summed E-state index contributed by atoms with van der Waals surface area (Å²) in [6.07, 6.45) is 4.43. The van der Waals surface area contributed by atoms with Crippen LogP contribution in [0.15, 0.2) is 0 Å². The highest BCUT2D eigenvalue weighted by Gasteiger charge is 2.29. The zero-order valence-electron chi connectivity index (χ0n) is 9.52. The normalized spacial score (nSPS) is 27.4. The number of amides is 1. The van der Waals surface area contributed by atoms with Gasteiger partial charge in [-0.05, 0) is 32.1 Å². The summed E-state index contributed by atoms with van der Waals surface area (Å²) in [6.45, 7) is 2.15. The molecule has 16 heavy (non-hydrogen) atoms. The van der Waals surface area contributed by atoms with E-state index in [4.69, 9.17) is 10.00 Å². The maximum atomic E-state index is 12.1. The molecule has 4 heteroatoms. The summed E-state index contributed by atoms with van der Waals surface area (Å²) in [6, 6.07) is 2.27. The summed E-state index contributed by atoms with van der Waals surface area (Å²) < 4.78 is 5.49. The van der Waals surface area contributed by atoms with Crippen molar-refractivity contribution in [3.8, 4) is 6.07 Å². The quantitative estimate of drug-likeness (QED) is 0.672. The Balaban J connectivity index is 1.84. The lowest BCUT2D eigenvalue weighted by molar-refractivity contribution is -0.147. The molecule has 0 N–H and O–H groups in total. The first kappa shape index (κ1) is 11.4. The molecule has 0 saturated carbocycles. The van der Waals surface area contributed by atoms with Crippen LogP contribution in [0.5, 0.6) is 0 Å². The van der Waals surface area contributed by atoms with Crippen LogP contribution >= 0.6 is 0 Å². The Morgan fingerprint density at radius 1 is 1.25 bits per heavy atom. The van der Waals surface area contributed by atoms with Crippen molar-refractivity contribution < 1.29 is 9.53 Å². The largest absolute Gasteiger partial charge is 0.368 e. The molecule has 2 fully saturated rings. The van der Waals surface area contributed by atoms with E-state index in [0.29, 0.717) is 6.61 Å². The average molecular weight is 222 g/mol. The van der Waals surface area contributed by atoms with E-state index in [0.717, 1.165) is 45.2 Å². The van der Waals surface area contributed by atoms with Gasteiger partial charge in [-0.2, -0.15) is 5.26 Å². The van der Waals surface area contributed by atoms with Crippen LogP contribution in [0, 0.1) is 17.2 Å². The Morgan fingerprint density at radius 2 is 2.00 bits per heavy atom. The second-order valence-electron chi connectivity index (χ2n) is 4.58. The molecule has 2 saturated heterocycles. The van der Waals surface area contributed by atoms with E-state index >= 15 is 0 Å². The molecule has 2 aliphatic heterocycles.